The number of hydrogen-bond acceptors (Lipinski definition) is 3. The molecule has 0 saturated heterocycles. The second-order valence-corrected chi connectivity index (χ2v) is 5.67. The number of amides is 1. The van der Waals surface area contributed by atoms with Crippen LogP contribution in [0.1, 0.15) is 22.2 Å². The van der Waals surface area contributed by atoms with Crippen LogP contribution < -0.4 is 5.32 Å². The van der Waals surface area contributed by atoms with Crippen molar-refractivity contribution in [3.8, 4) is 0 Å². The highest BCUT2D eigenvalue weighted by atomic mass is 79.9. The van der Waals surface area contributed by atoms with Gasteiger partial charge in [-0.3, -0.25) is 4.79 Å². The number of furan rings is 1. The van der Waals surface area contributed by atoms with Crippen LogP contribution in [0.15, 0.2) is 38.9 Å². The minimum atomic E-state index is -0.0308. The van der Waals surface area contributed by atoms with Gasteiger partial charge in [-0.25, -0.2) is 0 Å². The molecule has 0 aromatic carbocycles. The number of carbonyl (C=O) groups excluding carboxylic acids is 1. The summed E-state index contributed by atoms with van der Waals surface area (Å²) in [6.45, 7) is 1.98. The number of carbonyl (C=O) groups is 1. The van der Waals surface area contributed by atoms with Crippen LogP contribution in [0.4, 0.5) is 0 Å². The molecule has 0 spiro atoms. The Labute approximate surface area is 112 Å². The Kier molecular flexibility index (Phi) is 4.02. The van der Waals surface area contributed by atoms with Crippen molar-refractivity contribution in [2.45, 2.75) is 19.4 Å². The van der Waals surface area contributed by atoms with Gasteiger partial charge in [0.1, 0.15) is 0 Å². The summed E-state index contributed by atoms with van der Waals surface area (Å²) < 4.78 is 5.93. The Morgan fingerprint density at radius 1 is 1.65 bits per heavy atom. The minimum absolute atomic E-state index is 0.0308. The van der Waals surface area contributed by atoms with E-state index in [1.807, 2.05) is 24.4 Å². The van der Waals surface area contributed by atoms with Crippen molar-refractivity contribution >= 4 is 33.2 Å². The van der Waals surface area contributed by atoms with Crippen LogP contribution >= 0.6 is 27.3 Å². The van der Waals surface area contributed by atoms with Gasteiger partial charge in [0.05, 0.1) is 17.4 Å². The lowest BCUT2D eigenvalue weighted by Crippen LogP contribution is -2.33. The Morgan fingerprint density at radius 3 is 3.06 bits per heavy atom. The average Bonchev–Trinajstić information content (AvgIpc) is 2.89. The van der Waals surface area contributed by atoms with Crippen LogP contribution in [0.5, 0.6) is 0 Å². The van der Waals surface area contributed by atoms with Gasteiger partial charge in [-0.05, 0) is 47.0 Å². The Morgan fingerprint density at radius 2 is 2.47 bits per heavy atom. The van der Waals surface area contributed by atoms with Gasteiger partial charge in [-0.2, -0.15) is 0 Å². The second-order valence-electron chi connectivity index (χ2n) is 3.84. The van der Waals surface area contributed by atoms with E-state index in [4.69, 9.17) is 4.42 Å². The van der Waals surface area contributed by atoms with Crippen LogP contribution in [-0.2, 0) is 6.42 Å². The molecule has 90 valence electrons. The van der Waals surface area contributed by atoms with Crippen molar-refractivity contribution in [2.24, 2.45) is 0 Å². The second kappa shape index (κ2) is 5.51. The molecule has 0 fully saturated rings. The summed E-state index contributed by atoms with van der Waals surface area (Å²) in [7, 11) is 0. The van der Waals surface area contributed by atoms with Crippen LogP contribution in [-0.4, -0.2) is 11.9 Å². The maximum atomic E-state index is 11.9. The topological polar surface area (TPSA) is 42.2 Å². The first-order chi connectivity index (χ1) is 8.15. The molecule has 0 aliphatic rings. The largest absolute Gasteiger partial charge is 0.472 e. The first-order valence-corrected chi connectivity index (χ1v) is 6.88. The quantitative estimate of drug-likeness (QED) is 0.939. The Balaban J connectivity index is 1.90. The summed E-state index contributed by atoms with van der Waals surface area (Å²) in [6, 6.07) is 3.82. The lowest BCUT2D eigenvalue weighted by Gasteiger charge is -2.11. The fraction of sp³-hybridized carbons (Fsp3) is 0.250. The third-order valence-electron chi connectivity index (χ3n) is 2.29. The molecular formula is C12H12BrNO2S. The van der Waals surface area contributed by atoms with Gasteiger partial charge in [0.25, 0.3) is 5.91 Å². The first-order valence-electron chi connectivity index (χ1n) is 5.21. The van der Waals surface area contributed by atoms with Gasteiger partial charge in [-0.15, -0.1) is 11.3 Å². The number of halogens is 1. The highest BCUT2D eigenvalue weighted by molar-refractivity contribution is 9.10. The summed E-state index contributed by atoms with van der Waals surface area (Å²) in [5, 5.41) is 4.86. The van der Waals surface area contributed by atoms with E-state index in [0.29, 0.717) is 0 Å². The minimum Gasteiger partial charge on any atom is -0.472 e. The average molecular weight is 314 g/mol. The maximum absolute atomic E-state index is 11.9. The van der Waals surface area contributed by atoms with Gasteiger partial charge in [0.15, 0.2) is 0 Å². The summed E-state index contributed by atoms with van der Waals surface area (Å²) in [5.74, 6) is -0.0308. The molecule has 2 aromatic heterocycles. The predicted octanol–water partition coefficient (Wildman–Crippen LogP) is 3.46. The molecule has 1 atom stereocenters. The van der Waals surface area contributed by atoms with Gasteiger partial charge in [0.2, 0.25) is 0 Å². The van der Waals surface area contributed by atoms with Crippen molar-refractivity contribution in [1.29, 1.82) is 0 Å². The molecule has 0 saturated carbocycles. The fourth-order valence-electron chi connectivity index (χ4n) is 1.54. The SMILES string of the molecule is C[C@@H](Cc1ccoc1)NC(=O)c1cc(Br)cs1. The van der Waals surface area contributed by atoms with Crippen LogP contribution in [0.2, 0.25) is 0 Å². The van der Waals surface area contributed by atoms with E-state index < -0.39 is 0 Å². The Hall–Kier alpha value is -1.07. The monoisotopic (exact) mass is 313 g/mol. The van der Waals surface area contributed by atoms with Crippen molar-refractivity contribution in [2.75, 3.05) is 0 Å². The summed E-state index contributed by atoms with van der Waals surface area (Å²) in [4.78, 5) is 12.6. The molecule has 0 radical (unpaired) electrons. The van der Waals surface area contributed by atoms with E-state index in [0.717, 1.165) is 21.3 Å². The number of rotatable bonds is 4. The fourth-order valence-corrected chi connectivity index (χ4v) is 2.87. The summed E-state index contributed by atoms with van der Waals surface area (Å²) in [6.07, 6.45) is 4.11. The van der Waals surface area contributed by atoms with Crippen molar-refractivity contribution in [1.82, 2.24) is 5.32 Å². The van der Waals surface area contributed by atoms with E-state index in [2.05, 4.69) is 21.2 Å². The van der Waals surface area contributed by atoms with Crippen LogP contribution in [0, 0.1) is 0 Å². The number of hydrogen-bond donors (Lipinski definition) is 1. The smallest absolute Gasteiger partial charge is 0.261 e. The first kappa shape index (κ1) is 12.4. The summed E-state index contributed by atoms with van der Waals surface area (Å²) in [5.41, 5.74) is 1.09. The molecule has 0 aliphatic carbocycles. The van der Waals surface area contributed by atoms with Gasteiger partial charge in [-0.1, -0.05) is 0 Å². The van der Waals surface area contributed by atoms with Gasteiger partial charge >= 0.3 is 0 Å². The van der Waals surface area contributed by atoms with Gasteiger partial charge < -0.3 is 9.73 Å². The molecule has 0 bridgehead atoms. The molecule has 2 heterocycles. The predicted molar refractivity (Wildman–Crippen MR) is 71.4 cm³/mol. The van der Waals surface area contributed by atoms with E-state index >= 15 is 0 Å². The summed E-state index contributed by atoms with van der Waals surface area (Å²) >= 11 is 4.76. The molecule has 5 heteroatoms. The normalized spacial score (nSPS) is 12.4. The highest BCUT2D eigenvalue weighted by Gasteiger charge is 2.12. The zero-order chi connectivity index (χ0) is 12.3. The van der Waals surface area contributed by atoms with Crippen LogP contribution in [0.3, 0.4) is 0 Å². The third-order valence-corrected chi connectivity index (χ3v) is 3.98. The van der Waals surface area contributed by atoms with Crippen molar-refractivity contribution < 1.29 is 9.21 Å². The number of thiophene rings is 1. The van der Waals surface area contributed by atoms with Crippen LogP contribution in [0.25, 0.3) is 0 Å². The molecule has 1 N–H and O–H groups in total. The lowest BCUT2D eigenvalue weighted by atomic mass is 10.1. The Bertz CT molecular complexity index is 492. The van der Waals surface area contributed by atoms with E-state index in [9.17, 15) is 4.79 Å². The molecule has 1 amide bonds. The molecule has 2 aromatic rings. The maximum Gasteiger partial charge on any atom is 0.261 e. The van der Waals surface area contributed by atoms with Crippen molar-refractivity contribution in [3.63, 3.8) is 0 Å². The highest BCUT2D eigenvalue weighted by Crippen LogP contribution is 2.19. The molecule has 2 rings (SSSR count). The molecule has 3 nitrogen and oxygen atoms in total. The molecule has 17 heavy (non-hydrogen) atoms. The van der Waals surface area contributed by atoms with Gasteiger partial charge in [0, 0.05) is 15.9 Å². The standard InChI is InChI=1S/C12H12BrNO2S/c1-8(4-9-2-3-16-6-9)14-12(15)11-5-10(13)7-17-11/h2-3,5-8H,4H2,1H3,(H,14,15)/t8-/m0/s1. The lowest BCUT2D eigenvalue weighted by molar-refractivity contribution is 0.0944. The van der Waals surface area contributed by atoms with E-state index in [-0.39, 0.29) is 11.9 Å². The van der Waals surface area contributed by atoms with E-state index in [1.165, 1.54) is 11.3 Å². The molecule has 0 unspecified atom stereocenters. The molecule has 0 aliphatic heterocycles. The van der Waals surface area contributed by atoms with E-state index in [1.54, 1.807) is 12.5 Å². The number of nitrogens with one attached hydrogen (secondary N) is 1. The zero-order valence-corrected chi connectivity index (χ0v) is 11.7. The van der Waals surface area contributed by atoms with Crippen molar-refractivity contribution in [3.05, 3.63) is 45.0 Å². The molecular weight excluding hydrogens is 302 g/mol. The zero-order valence-electron chi connectivity index (χ0n) is 9.27. The third kappa shape index (κ3) is 3.44.